The highest BCUT2D eigenvalue weighted by molar-refractivity contribution is 5.45. The molecular weight excluding hydrogens is 304 g/mol. The Morgan fingerprint density at radius 1 is 1.24 bits per heavy atom. The van der Waals surface area contributed by atoms with Crippen molar-refractivity contribution in [3.63, 3.8) is 0 Å². The summed E-state index contributed by atoms with van der Waals surface area (Å²) in [4.78, 5) is 0. The van der Waals surface area contributed by atoms with Gasteiger partial charge in [-0.3, -0.25) is 0 Å². The monoisotopic (exact) mass is 340 g/mol. The molecule has 1 heteroatoms. The minimum Gasteiger partial charge on any atom is -0.465 e. The zero-order chi connectivity index (χ0) is 18.8. The molecule has 1 nitrogen and oxygen atoms in total. The van der Waals surface area contributed by atoms with Crippen LogP contribution in [0.4, 0.5) is 0 Å². The van der Waals surface area contributed by atoms with Gasteiger partial charge in [0.05, 0.1) is 6.26 Å². The van der Waals surface area contributed by atoms with Gasteiger partial charge in [-0.05, 0) is 75.0 Å². The van der Waals surface area contributed by atoms with Crippen LogP contribution in [0.3, 0.4) is 0 Å². The van der Waals surface area contributed by atoms with Crippen molar-refractivity contribution in [1.82, 2.24) is 0 Å². The molecule has 2 rings (SSSR count). The van der Waals surface area contributed by atoms with E-state index in [1.807, 2.05) is 0 Å². The third kappa shape index (κ3) is 4.77. The van der Waals surface area contributed by atoms with Gasteiger partial charge < -0.3 is 4.74 Å². The Bertz CT molecular complexity index is 669. The van der Waals surface area contributed by atoms with Gasteiger partial charge in [-0.2, -0.15) is 0 Å². The van der Waals surface area contributed by atoms with E-state index in [9.17, 15) is 0 Å². The highest BCUT2D eigenvalue weighted by Crippen LogP contribution is 2.42. The van der Waals surface area contributed by atoms with Gasteiger partial charge >= 0.3 is 0 Å². The smallest absolute Gasteiger partial charge is 0.130 e. The topological polar surface area (TPSA) is 9.23 Å². The number of ether oxygens (including phenoxy) is 1. The van der Waals surface area contributed by atoms with E-state index in [-0.39, 0.29) is 5.41 Å². The molecular formula is C24H36O. The predicted molar refractivity (Wildman–Crippen MR) is 109 cm³/mol. The van der Waals surface area contributed by atoms with Gasteiger partial charge in [0.15, 0.2) is 0 Å². The van der Waals surface area contributed by atoms with Crippen molar-refractivity contribution < 1.29 is 4.74 Å². The molecule has 0 N–H and O–H groups in total. The first kappa shape index (κ1) is 19.8. The van der Waals surface area contributed by atoms with Crippen LogP contribution >= 0.6 is 0 Å². The number of rotatable bonds is 3. The molecule has 1 aliphatic carbocycles. The Morgan fingerprint density at radius 2 is 1.92 bits per heavy atom. The molecule has 1 aliphatic heterocycles. The molecule has 0 fully saturated rings. The molecule has 0 atom stereocenters. The van der Waals surface area contributed by atoms with Crippen LogP contribution < -0.4 is 0 Å². The molecule has 0 aromatic heterocycles. The average Bonchev–Trinajstić information content (AvgIpc) is 2.44. The van der Waals surface area contributed by atoms with E-state index in [2.05, 4.69) is 73.6 Å². The van der Waals surface area contributed by atoms with E-state index in [1.165, 1.54) is 36.0 Å². The van der Waals surface area contributed by atoms with Crippen molar-refractivity contribution in [1.29, 1.82) is 0 Å². The largest absolute Gasteiger partial charge is 0.465 e. The molecule has 0 spiro atoms. The molecule has 0 saturated carbocycles. The normalized spacial score (nSPS) is 23.4. The summed E-state index contributed by atoms with van der Waals surface area (Å²) < 4.78 is 5.88. The summed E-state index contributed by atoms with van der Waals surface area (Å²) in [7, 11) is 0. The van der Waals surface area contributed by atoms with Crippen LogP contribution in [0.2, 0.25) is 0 Å². The van der Waals surface area contributed by atoms with Crippen LogP contribution in [0.1, 0.15) is 81.1 Å². The molecule has 0 saturated heterocycles. The third-order valence-corrected chi connectivity index (χ3v) is 5.58. The second kappa shape index (κ2) is 7.40. The van der Waals surface area contributed by atoms with Gasteiger partial charge in [-0.25, -0.2) is 0 Å². The lowest BCUT2D eigenvalue weighted by molar-refractivity contribution is 0.324. The van der Waals surface area contributed by atoms with E-state index in [0.717, 1.165) is 12.2 Å². The van der Waals surface area contributed by atoms with Crippen LogP contribution in [-0.4, -0.2) is 0 Å². The highest BCUT2D eigenvalue weighted by atomic mass is 16.5. The Kier molecular flexibility index (Phi) is 5.86. The molecule has 2 aliphatic rings. The van der Waals surface area contributed by atoms with Gasteiger partial charge in [0.25, 0.3) is 0 Å². The number of allylic oxidation sites excluding steroid dienone is 8. The lowest BCUT2D eigenvalue weighted by Gasteiger charge is -2.34. The Morgan fingerprint density at radius 3 is 2.52 bits per heavy atom. The molecule has 25 heavy (non-hydrogen) atoms. The van der Waals surface area contributed by atoms with E-state index in [1.54, 1.807) is 17.4 Å². The van der Waals surface area contributed by atoms with Gasteiger partial charge in [-0.15, -0.1) is 0 Å². The molecule has 0 bridgehead atoms. The van der Waals surface area contributed by atoms with Crippen LogP contribution in [0, 0.1) is 10.8 Å². The average molecular weight is 341 g/mol. The van der Waals surface area contributed by atoms with Gasteiger partial charge in [-0.1, -0.05) is 57.4 Å². The van der Waals surface area contributed by atoms with Crippen molar-refractivity contribution in [3.05, 3.63) is 58.1 Å². The van der Waals surface area contributed by atoms with Crippen LogP contribution in [0.5, 0.6) is 0 Å². The van der Waals surface area contributed by atoms with E-state index < -0.39 is 0 Å². The summed E-state index contributed by atoms with van der Waals surface area (Å²) in [6.07, 6.45) is 13.4. The predicted octanol–water partition coefficient (Wildman–Crippen LogP) is 7.64. The van der Waals surface area contributed by atoms with Crippen molar-refractivity contribution in [2.24, 2.45) is 10.8 Å². The third-order valence-electron chi connectivity index (χ3n) is 5.58. The summed E-state index contributed by atoms with van der Waals surface area (Å²) >= 11 is 0. The molecule has 0 aromatic carbocycles. The summed E-state index contributed by atoms with van der Waals surface area (Å²) in [6.45, 7) is 18.2. The molecule has 1 heterocycles. The molecule has 138 valence electrons. The maximum atomic E-state index is 5.88. The Balaban J connectivity index is 2.26. The van der Waals surface area contributed by atoms with Crippen molar-refractivity contribution in [3.8, 4) is 0 Å². The van der Waals surface area contributed by atoms with E-state index in [0.29, 0.717) is 5.41 Å². The quantitative estimate of drug-likeness (QED) is 0.480. The number of hydrogen-bond acceptors (Lipinski definition) is 1. The summed E-state index contributed by atoms with van der Waals surface area (Å²) in [5.74, 6) is 0.995. The van der Waals surface area contributed by atoms with E-state index >= 15 is 0 Å². The minimum atomic E-state index is 0.0748. The van der Waals surface area contributed by atoms with Crippen molar-refractivity contribution in [2.45, 2.75) is 81.1 Å². The van der Waals surface area contributed by atoms with Gasteiger partial charge in [0.1, 0.15) is 5.76 Å². The summed E-state index contributed by atoms with van der Waals surface area (Å²) in [5.41, 5.74) is 7.51. The fraction of sp³-hybridized carbons (Fsp3) is 0.583. The van der Waals surface area contributed by atoms with Crippen molar-refractivity contribution >= 4 is 0 Å². The first-order valence-corrected chi connectivity index (χ1v) is 9.65. The SMILES string of the molecule is CC1=C(C(C)(C)C)/C(=C/C(C)=C/CC2=C(C)CCCC2(C)C)OC=C1. The Labute approximate surface area is 155 Å². The molecule has 0 amide bonds. The molecule has 0 aromatic rings. The first-order chi connectivity index (χ1) is 11.5. The first-order valence-electron chi connectivity index (χ1n) is 9.65. The van der Waals surface area contributed by atoms with Gasteiger partial charge in [0, 0.05) is 5.57 Å². The van der Waals surface area contributed by atoms with Gasteiger partial charge in [0.2, 0.25) is 0 Å². The van der Waals surface area contributed by atoms with Crippen molar-refractivity contribution in [2.75, 3.05) is 0 Å². The summed E-state index contributed by atoms with van der Waals surface area (Å²) in [5, 5.41) is 0. The summed E-state index contributed by atoms with van der Waals surface area (Å²) in [6, 6.07) is 0. The standard InChI is InChI=1S/C24H36O/c1-17(11-12-20-18(2)10-9-14-24(20,7)8)16-21-22(23(4,5)6)19(3)13-15-25-21/h11,13,15-16H,9-10,12,14H2,1-8H3/b17-11+,21-16-. The number of hydrogen-bond donors (Lipinski definition) is 0. The fourth-order valence-corrected chi connectivity index (χ4v) is 4.27. The second-order valence-corrected chi connectivity index (χ2v) is 9.39. The zero-order valence-electron chi connectivity index (χ0n) is 17.5. The lowest BCUT2D eigenvalue weighted by Crippen LogP contribution is -2.20. The zero-order valence-corrected chi connectivity index (χ0v) is 17.5. The minimum absolute atomic E-state index is 0.0748. The van der Waals surface area contributed by atoms with E-state index in [4.69, 9.17) is 4.74 Å². The molecule has 0 unspecified atom stereocenters. The molecule has 0 radical (unpaired) electrons. The second-order valence-electron chi connectivity index (χ2n) is 9.39. The van der Waals surface area contributed by atoms with Crippen LogP contribution in [0.15, 0.2) is 58.1 Å². The fourth-order valence-electron chi connectivity index (χ4n) is 4.27. The maximum absolute atomic E-state index is 5.88. The lowest BCUT2D eigenvalue weighted by atomic mass is 9.71. The maximum Gasteiger partial charge on any atom is 0.130 e. The Hall–Kier alpha value is -1.50. The van der Waals surface area contributed by atoms with Crippen LogP contribution in [0.25, 0.3) is 0 Å². The van der Waals surface area contributed by atoms with Crippen LogP contribution in [-0.2, 0) is 4.74 Å². The highest BCUT2D eigenvalue weighted by Gasteiger charge is 2.28.